The predicted molar refractivity (Wildman–Crippen MR) is 161 cm³/mol. The van der Waals surface area contributed by atoms with E-state index >= 15 is 0 Å². The number of benzene rings is 3. The molecule has 10 heteroatoms. The number of anilines is 1. The number of pyridine rings is 1. The first kappa shape index (κ1) is 30.0. The molecule has 4 aromatic rings. The third-order valence-corrected chi connectivity index (χ3v) is 9.90. The number of fused-ring (bicyclic) bond motifs is 1. The molecule has 0 spiro atoms. The van der Waals surface area contributed by atoms with Gasteiger partial charge < -0.3 is 4.90 Å². The number of carbonyl (C=O) groups excluding carboxylic acids is 1. The Labute approximate surface area is 255 Å². The fraction of sp³-hybridized carbons (Fsp3) is 0.294. The molecule has 1 fully saturated rings. The van der Waals surface area contributed by atoms with E-state index in [0.29, 0.717) is 12.1 Å². The molecule has 2 aliphatic rings. The van der Waals surface area contributed by atoms with Crippen LogP contribution in [0.25, 0.3) is 0 Å². The van der Waals surface area contributed by atoms with Crippen molar-refractivity contribution in [3.63, 3.8) is 0 Å². The maximum atomic E-state index is 14.0. The SMILES string of the molecule is Cc1cccc(CN(C(=O)[C@@H]2C[C@H]2c2ccccc2)c2ccc3c(c2)[C@@H](NS(=O)(=O)c2ccc(C(F)(F)F)cc2)CCC3)n1. The Hall–Kier alpha value is -4.02. The zero-order chi connectivity index (χ0) is 31.1. The Morgan fingerprint density at radius 3 is 2.43 bits per heavy atom. The van der Waals surface area contributed by atoms with Crippen LogP contribution in [-0.4, -0.2) is 19.3 Å². The van der Waals surface area contributed by atoms with E-state index in [1.54, 1.807) is 4.90 Å². The largest absolute Gasteiger partial charge is 0.416 e. The molecule has 2 aliphatic carbocycles. The van der Waals surface area contributed by atoms with Gasteiger partial charge in [0, 0.05) is 23.3 Å². The number of halogens is 3. The lowest BCUT2D eigenvalue weighted by atomic mass is 9.87. The van der Waals surface area contributed by atoms with Crippen LogP contribution in [0.2, 0.25) is 0 Å². The third kappa shape index (κ3) is 6.42. The third-order valence-electron chi connectivity index (χ3n) is 8.41. The van der Waals surface area contributed by atoms with Crippen LogP contribution in [0.3, 0.4) is 0 Å². The van der Waals surface area contributed by atoms with E-state index in [-0.39, 0.29) is 29.2 Å². The monoisotopic (exact) mass is 619 g/mol. The summed E-state index contributed by atoms with van der Waals surface area (Å²) in [6.07, 6.45) is -1.81. The van der Waals surface area contributed by atoms with Crippen molar-refractivity contribution in [2.75, 3.05) is 4.90 Å². The van der Waals surface area contributed by atoms with Crippen molar-refractivity contribution in [1.29, 1.82) is 0 Å². The van der Waals surface area contributed by atoms with E-state index in [4.69, 9.17) is 0 Å². The number of nitrogens with one attached hydrogen (secondary N) is 1. The van der Waals surface area contributed by atoms with E-state index in [1.165, 1.54) is 0 Å². The molecule has 1 amide bonds. The number of hydrogen-bond donors (Lipinski definition) is 1. The number of rotatable bonds is 8. The molecule has 3 aromatic carbocycles. The highest BCUT2D eigenvalue weighted by Crippen LogP contribution is 2.49. The smallest absolute Gasteiger partial charge is 0.306 e. The summed E-state index contributed by atoms with van der Waals surface area (Å²) in [5.74, 6) is -0.0513. The molecule has 6 nitrogen and oxygen atoms in total. The maximum absolute atomic E-state index is 14.0. The van der Waals surface area contributed by atoms with Crippen molar-refractivity contribution < 1.29 is 26.4 Å². The van der Waals surface area contributed by atoms with Gasteiger partial charge >= 0.3 is 6.18 Å². The van der Waals surface area contributed by atoms with Crippen molar-refractivity contribution >= 4 is 21.6 Å². The molecule has 1 saturated carbocycles. The lowest BCUT2D eigenvalue weighted by molar-refractivity contribution is -0.137. The van der Waals surface area contributed by atoms with Gasteiger partial charge in [0.05, 0.1) is 22.7 Å². The van der Waals surface area contributed by atoms with Gasteiger partial charge in [-0.15, -0.1) is 0 Å². The highest BCUT2D eigenvalue weighted by molar-refractivity contribution is 7.89. The minimum atomic E-state index is -4.56. The zero-order valence-corrected chi connectivity index (χ0v) is 24.9. The minimum Gasteiger partial charge on any atom is -0.306 e. The van der Waals surface area contributed by atoms with E-state index in [9.17, 15) is 26.4 Å². The summed E-state index contributed by atoms with van der Waals surface area (Å²) >= 11 is 0. The van der Waals surface area contributed by atoms with Gasteiger partial charge in [-0.3, -0.25) is 9.78 Å². The standard InChI is InChI=1S/C34H32F3N3O3S/c1-22-7-5-11-26(38-22)21-40(33(41)31-20-29(31)23-8-3-2-4-9-23)27-16-13-24-10-6-12-32(30(24)19-27)39-44(42,43)28-17-14-25(15-18-28)34(35,36)37/h2-5,7-9,11,13-19,29,31-32,39H,6,10,12,20-21H2,1H3/t29-,31+,32-/m0/s1. The van der Waals surface area contributed by atoms with Crippen LogP contribution in [0.1, 0.15) is 64.9 Å². The first-order chi connectivity index (χ1) is 21.0. The molecule has 1 aromatic heterocycles. The molecule has 1 heterocycles. The molecule has 3 atom stereocenters. The lowest BCUT2D eigenvalue weighted by Gasteiger charge is -2.29. The predicted octanol–water partition coefficient (Wildman–Crippen LogP) is 7.10. The van der Waals surface area contributed by atoms with Crippen molar-refractivity contribution in [2.45, 2.75) is 62.2 Å². The molecular formula is C34H32F3N3O3S. The summed E-state index contributed by atoms with van der Waals surface area (Å²) in [5, 5.41) is 0. The quantitative estimate of drug-likeness (QED) is 0.228. The van der Waals surface area contributed by atoms with Crippen LogP contribution in [0.15, 0.2) is 95.9 Å². The second kappa shape index (κ2) is 11.8. The number of nitrogens with zero attached hydrogens (tertiary/aromatic N) is 2. The first-order valence-electron chi connectivity index (χ1n) is 14.6. The summed E-state index contributed by atoms with van der Waals surface area (Å²) in [5.41, 5.74) is 4.17. The molecule has 228 valence electrons. The van der Waals surface area contributed by atoms with Crippen molar-refractivity contribution in [1.82, 2.24) is 9.71 Å². The first-order valence-corrected chi connectivity index (χ1v) is 16.1. The summed E-state index contributed by atoms with van der Waals surface area (Å²) in [4.78, 5) is 20.2. The normalized spacial score (nSPS) is 19.7. The molecule has 6 rings (SSSR count). The Morgan fingerprint density at radius 2 is 1.73 bits per heavy atom. The Kier molecular flexibility index (Phi) is 8.06. The second-order valence-corrected chi connectivity index (χ2v) is 13.2. The molecule has 0 unspecified atom stereocenters. The number of carbonyl (C=O) groups is 1. The van der Waals surface area contributed by atoms with Crippen molar-refractivity contribution in [3.05, 3.63) is 125 Å². The topological polar surface area (TPSA) is 79.4 Å². The summed E-state index contributed by atoms with van der Waals surface area (Å²) < 4.78 is 68.4. The van der Waals surface area contributed by atoms with Crippen molar-refractivity contribution in [3.8, 4) is 0 Å². The van der Waals surface area contributed by atoms with E-state index in [2.05, 4.69) is 9.71 Å². The fourth-order valence-corrected chi connectivity index (χ4v) is 7.29. The molecular weight excluding hydrogens is 587 g/mol. The van der Waals surface area contributed by atoms with Crippen LogP contribution < -0.4 is 9.62 Å². The van der Waals surface area contributed by atoms with E-state index in [0.717, 1.165) is 71.6 Å². The number of amides is 1. The van der Waals surface area contributed by atoms with Crippen LogP contribution in [0, 0.1) is 12.8 Å². The number of aryl methyl sites for hydroxylation is 2. The molecule has 0 aliphatic heterocycles. The maximum Gasteiger partial charge on any atom is 0.416 e. The Bertz CT molecular complexity index is 1780. The summed E-state index contributed by atoms with van der Waals surface area (Å²) in [7, 11) is -4.12. The number of aromatic nitrogens is 1. The van der Waals surface area contributed by atoms with Gasteiger partial charge in [0.15, 0.2) is 0 Å². The summed E-state index contributed by atoms with van der Waals surface area (Å²) in [6, 6.07) is 24.3. The van der Waals surface area contributed by atoms with Crippen molar-refractivity contribution in [2.24, 2.45) is 5.92 Å². The molecule has 1 N–H and O–H groups in total. The Morgan fingerprint density at radius 1 is 0.977 bits per heavy atom. The summed E-state index contributed by atoms with van der Waals surface area (Å²) in [6.45, 7) is 2.16. The highest BCUT2D eigenvalue weighted by Gasteiger charge is 2.46. The minimum absolute atomic E-state index is 0.0141. The van der Waals surface area contributed by atoms with Gasteiger partial charge in [-0.1, -0.05) is 42.5 Å². The van der Waals surface area contributed by atoms with Crippen LogP contribution in [0.4, 0.5) is 18.9 Å². The van der Waals surface area contributed by atoms with Gasteiger partial charge in [-0.25, -0.2) is 13.1 Å². The molecule has 0 bridgehead atoms. The molecule has 0 radical (unpaired) electrons. The van der Waals surface area contributed by atoms with Gasteiger partial charge in [-0.2, -0.15) is 13.2 Å². The average Bonchev–Trinajstić information content (AvgIpc) is 3.81. The molecule has 0 saturated heterocycles. The lowest BCUT2D eigenvalue weighted by Crippen LogP contribution is -2.34. The fourth-order valence-electron chi connectivity index (χ4n) is 6.04. The van der Waals surface area contributed by atoms with E-state index in [1.807, 2.05) is 73.7 Å². The Balaban J connectivity index is 1.30. The highest BCUT2D eigenvalue weighted by atomic mass is 32.2. The molecule has 44 heavy (non-hydrogen) atoms. The zero-order valence-electron chi connectivity index (χ0n) is 24.1. The van der Waals surface area contributed by atoms with E-state index < -0.39 is 27.8 Å². The van der Waals surface area contributed by atoms with Gasteiger partial charge in [0.1, 0.15) is 0 Å². The average molecular weight is 620 g/mol. The van der Waals surface area contributed by atoms with Crippen LogP contribution >= 0.6 is 0 Å². The van der Waals surface area contributed by atoms with Crippen LogP contribution in [-0.2, 0) is 34.0 Å². The van der Waals surface area contributed by atoms with Gasteiger partial charge in [-0.05, 0) is 104 Å². The number of alkyl halides is 3. The number of hydrogen-bond acceptors (Lipinski definition) is 4. The van der Waals surface area contributed by atoms with Crippen LogP contribution in [0.5, 0.6) is 0 Å². The second-order valence-electron chi connectivity index (χ2n) is 11.5. The number of sulfonamides is 1. The van der Waals surface area contributed by atoms with Gasteiger partial charge in [0.2, 0.25) is 15.9 Å². The van der Waals surface area contributed by atoms with Gasteiger partial charge in [0.25, 0.3) is 0 Å².